The first-order chi connectivity index (χ1) is 11.8. The quantitative estimate of drug-likeness (QED) is 0.493. The van der Waals surface area contributed by atoms with Crippen LogP contribution in [-0.4, -0.2) is 43.0 Å². The molecule has 0 aliphatic heterocycles. The number of methoxy groups -OCH3 is 1. The predicted molar refractivity (Wildman–Crippen MR) is 93.5 cm³/mol. The van der Waals surface area contributed by atoms with Crippen molar-refractivity contribution in [1.82, 2.24) is 0 Å². The predicted octanol–water partition coefficient (Wildman–Crippen LogP) is 3.94. The van der Waals surface area contributed by atoms with Gasteiger partial charge in [-0.25, -0.2) is 14.4 Å². The molecule has 0 saturated heterocycles. The molecule has 0 radical (unpaired) electrons. The van der Waals surface area contributed by atoms with E-state index < -0.39 is 23.5 Å². The molecule has 0 aliphatic carbocycles. The first kappa shape index (κ1) is 21.4. The maximum absolute atomic E-state index is 12.4. The van der Waals surface area contributed by atoms with Gasteiger partial charge in [0.2, 0.25) is 0 Å². The van der Waals surface area contributed by atoms with Gasteiger partial charge in [0, 0.05) is 5.75 Å². The monoisotopic (exact) mass is 410 g/mol. The Bertz CT molecular complexity index is 651. The van der Waals surface area contributed by atoms with E-state index in [9.17, 15) is 14.4 Å². The van der Waals surface area contributed by atoms with Gasteiger partial charge in [0.05, 0.1) is 23.8 Å². The maximum atomic E-state index is 12.4. The van der Waals surface area contributed by atoms with Crippen LogP contribution in [0, 0.1) is 0 Å². The highest BCUT2D eigenvalue weighted by Gasteiger charge is 2.31. The minimum atomic E-state index is -1.88. The third-order valence-electron chi connectivity index (χ3n) is 2.63. The van der Waals surface area contributed by atoms with Crippen LogP contribution in [0.15, 0.2) is 12.1 Å². The van der Waals surface area contributed by atoms with Gasteiger partial charge in [-0.2, -0.15) is 0 Å². The summed E-state index contributed by atoms with van der Waals surface area (Å²) in [7, 11) is 1.29. The van der Waals surface area contributed by atoms with Crippen LogP contribution in [0.1, 0.15) is 24.2 Å². The molecule has 0 aromatic heterocycles. The number of esters is 2. The fourth-order valence-corrected chi connectivity index (χ4v) is 2.50. The van der Waals surface area contributed by atoms with Crippen LogP contribution >= 0.6 is 35.0 Å². The van der Waals surface area contributed by atoms with Gasteiger partial charge >= 0.3 is 23.5 Å². The van der Waals surface area contributed by atoms with E-state index in [-0.39, 0.29) is 28.0 Å². The summed E-state index contributed by atoms with van der Waals surface area (Å²) in [6.45, 7) is 3.27. The van der Waals surface area contributed by atoms with Crippen molar-refractivity contribution in [3.63, 3.8) is 0 Å². The summed E-state index contributed by atoms with van der Waals surface area (Å²) in [5.41, 5.74) is -0.204. The molecule has 0 aliphatic rings. The lowest BCUT2D eigenvalue weighted by molar-refractivity contribution is -0.172. The average Bonchev–Trinajstić information content (AvgIpc) is 2.56. The summed E-state index contributed by atoms with van der Waals surface area (Å²) in [5, 5.41) is -0.689. The summed E-state index contributed by atoms with van der Waals surface area (Å²) in [6.07, 6.45) is -1.88. The number of carbonyl (C=O) groups excluding carboxylic acids is 3. The van der Waals surface area contributed by atoms with Crippen molar-refractivity contribution >= 4 is 52.2 Å². The highest BCUT2D eigenvalue weighted by molar-refractivity contribution is 8.13. The number of benzene rings is 1. The zero-order valence-corrected chi connectivity index (χ0v) is 16.0. The molecule has 0 spiro atoms. The highest BCUT2D eigenvalue weighted by Crippen LogP contribution is 2.34. The standard InChI is InChI=1S/C15H16Cl2O7S/c1-4-22-13(19)14(24-15(20)25-5-2)23-12(18)10-8(16)6-7-9(17)11(10)21-3/h6-7,14H,4-5H2,1-3H3. The van der Waals surface area contributed by atoms with E-state index in [0.29, 0.717) is 5.75 Å². The molecular formula is C15H16Cl2O7S. The Hall–Kier alpha value is -1.64. The Morgan fingerprint density at radius 2 is 1.76 bits per heavy atom. The fraction of sp³-hybridized carbons (Fsp3) is 0.400. The normalized spacial score (nSPS) is 11.4. The van der Waals surface area contributed by atoms with Gasteiger partial charge in [0.25, 0.3) is 0 Å². The van der Waals surface area contributed by atoms with E-state index in [2.05, 4.69) is 0 Å². The first-order valence-electron chi connectivity index (χ1n) is 7.08. The van der Waals surface area contributed by atoms with Crippen LogP contribution in [0.25, 0.3) is 0 Å². The van der Waals surface area contributed by atoms with Gasteiger partial charge in [-0.3, -0.25) is 0 Å². The van der Waals surface area contributed by atoms with Crippen LogP contribution in [-0.2, 0) is 19.0 Å². The topological polar surface area (TPSA) is 88.1 Å². The summed E-state index contributed by atoms with van der Waals surface area (Å²) in [5.74, 6) is -1.71. The number of halogens is 2. The second kappa shape index (κ2) is 10.4. The molecule has 0 saturated carbocycles. The van der Waals surface area contributed by atoms with E-state index in [4.69, 9.17) is 42.1 Å². The number of ether oxygens (including phenoxy) is 4. The summed E-state index contributed by atoms with van der Waals surface area (Å²) in [4.78, 5) is 35.9. The van der Waals surface area contributed by atoms with Crippen molar-refractivity contribution < 1.29 is 33.3 Å². The molecule has 1 atom stereocenters. The lowest BCUT2D eigenvalue weighted by Crippen LogP contribution is -2.33. The fourth-order valence-electron chi connectivity index (χ4n) is 1.65. The van der Waals surface area contributed by atoms with E-state index in [1.165, 1.54) is 19.2 Å². The van der Waals surface area contributed by atoms with Crippen LogP contribution in [0.2, 0.25) is 10.0 Å². The summed E-state index contributed by atoms with van der Waals surface area (Å²) < 4.78 is 19.6. The number of hydrogen-bond donors (Lipinski definition) is 0. The Morgan fingerprint density at radius 1 is 1.12 bits per heavy atom. The van der Waals surface area contributed by atoms with E-state index in [1.54, 1.807) is 13.8 Å². The maximum Gasteiger partial charge on any atom is 0.389 e. The number of thioether (sulfide) groups is 1. The van der Waals surface area contributed by atoms with Gasteiger partial charge in [0.15, 0.2) is 5.75 Å². The molecule has 1 aromatic carbocycles. The van der Waals surface area contributed by atoms with E-state index in [0.717, 1.165) is 11.8 Å². The molecule has 0 heterocycles. The van der Waals surface area contributed by atoms with Gasteiger partial charge < -0.3 is 18.9 Å². The minimum absolute atomic E-state index is 0.00654. The second-order valence-electron chi connectivity index (χ2n) is 4.23. The average molecular weight is 411 g/mol. The Balaban J connectivity index is 3.07. The van der Waals surface area contributed by atoms with Crippen LogP contribution in [0.4, 0.5) is 4.79 Å². The lowest BCUT2D eigenvalue weighted by atomic mass is 10.2. The molecule has 1 rings (SSSR count). The molecule has 0 N–H and O–H groups in total. The van der Waals surface area contributed by atoms with E-state index >= 15 is 0 Å². The number of rotatable bonds is 7. The Morgan fingerprint density at radius 3 is 2.32 bits per heavy atom. The number of hydrogen-bond acceptors (Lipinski definition) is 8. The smallest absolute Gasteiger partial charge is 0.389 e. The first-order valence-corrected chi connectivity index (χ1v) is 8.82. The van der Waals surface area contributed by atoms with Crippen molar-refractivity contribution in [1.29, 1.82) is 0 Å². The summed E-state index contributed by atoms with van der Waals surface area (Å²) >= 11 is 12.7. The van der Waals surface area contributed by atoms with Crippen molar-refractivity contribution in [3.8, 4) is 5.75 Å². The van der Waals surface area contributed by atoms with Gasteiger partial charge in [-0.1, -0.05) is 30.1 Å². The van der Waals surface area contributed by atoms with Gasteiger partial charge in [-0.15, -0.1) is 0 Å². The van der Waals surface area contributed by atoms with Gasteiger partial charge in [-0.05, 0) is 30.8 Å². The molecule has 1 unspecified atom stereocenters. The second-order valence-corrected chi connectivity index (χ2v) is 6.24. The zero-order chi connectivity index (χ0) is 19.0. The van der Waals surface area contributed by atoms with Crippen molar-refractivity contribution in [2.45, 2.75) is 20.1 Å². The van der Waals surface area contributed by atoms with Crippen molar-refractivity contribution in [2.24, 2.45) is 0 Å². The van der Waals surface area contributed by atoms with Crippen LogP contribution in [0.5, 0.6) is 5.75 Å². The number of carbonyl (C=O) groups is 3. The van der Waals surface area contributed by atoms with Crippen LogP contribution < -0.4 is 4.74 Å². The molecule has 0 amide bonds. The van der Waals surface area contributed by atoms with Crippen molar-refractivity contribution in [3.05, 3.63) is 27.7 Å². The molecule has 0 fully saturated rings. The zero-order valence-electron chi connectivity index (χ0n) is 13.7. The lowest BCUT2D eigenvalue weighted by Gasteiger charge is -2.18. The molecule has 1 aromatic rings. The van der Waals surface area contributed by atoms with Crippen LogP contribution in [0.3, 0.4) is 0 Å². The molecule has 7 nitrogen and oxygen atoms in total. The molecule has 0 bridgehead atoms. The summed E-state index contributed by atoms with van der Waals surface area (Å²) in [6, 6.07) is 2.79. The highest BCUT2D eigenvalue weighted by atomic mass is 35.5. The van der Waals surface area contributed by atoms with Gasteiger partial charge in [0.1, 0.15) is 5.56 Å². The molecular weight excluding hydrogens is 395 g/mol. The van der Waals surface area contributed by atoms with E-state index in [1.807, 2.05) is 0 Å². The third kappa shape index (κ3) is 5.98. The minimum Gasteiger partial charge on any atom is -0.494 e. The van der Waals surface area contributed by atoms with Crippen molar-refractivity contribution in [2.75, 3.05) is 19.5 Å². The molecule has 25 heavy (non-hydrogen) atoms. The largest absolute Gasteiger partial charge is 0.494 e. The SMILES string of the molecule is CCOC(=O)C(OC(=O)SCC)OC(=O)c1c(Cl)ccc(Cl)c1OC. The Labute approximate surface area is 158 Å². The third-order valence-corrected chi connectivity index (χ3v) is 3.86. The molecule has 10 heteroatoms. The Kier molecular flexibility index (Phi) is 8.88. The molecule has 138 valence electrons.